The van der Waals surface area contributed by atoms with Gasteiger partial charge in [-0.1, -0.05) is 48.5 Å². The van der Waals surface area contributed by atoms with Gasteiger partial charge < -0.3 is 5.32 Å². The summed E-state index contributed by atoms with van der Waals surface area (Å²) in [6, 6.07) is 23.5. The van der Waals surface area contributed by atoms with Crippen molar-refractivity contribution in [3.05, 3.63) is 130 Å². The summed E-state index contributed by atoms with van der Waals surface area (Å²) < 4.78 is 28.2. The zero-order valence-electron chi connectivity index (χ0n) is 20.5. The molecule has 4 aromatic carbocycles. The van der Waals surface area contributed by atoms with Gasteiger partial charge in [-0.2, -0.15) is 4.39 Å². The molecule has 6 rings (SSSR count). The van der Waals surface area contributed by atoms with Crippen LogP contribution in [0.3, 0.4) is 0 Å². The Morgan fingerprint density at radius 1 is 0.821 bits per heavy atom. The Hall–Kier alpha value is -4.98. The summed E-state index contributed by atoms with van der Waals surface area (Å²) in [6.45, 7) is 0.128. The summed E-state index contributed by atoms with van der Waals surface area (Å²) in [4.78, 5) is 44.3. The van der Waals surface area contributed by atoms with E-state index in [2.05, 4.69) is 10.3 Å². The quantitative estimate of drug-likeness (QED) is 0.341. The van der Waals surface area contributed by atoms with E-state index < -0.39 is 35.5 Å². The number of benzene rings is 4. The first-order valence-electron chi connectivity index (χ1n) is 12.3. The summed E-state index contributed by atoms with van der Waals surface area (Å²) in [7, 11) is 0. The average molecular weight is 522 g/mol. The molecule has 6 nitrogen and oxygen atoms in total. The molecular formula is C31H21F2N3O3. The number of carbonyl (C=O) groups is 3. The minimum atomic E-state index is -0.871. The third kappa shape index (κ3) is 4.50. The van der Waals surface area contributed by atoms with E-state index in [9.17, 15) is 23.2 Å². The van der Waals surface area contributed by atoms with Crippen molar-refractivity contribution in [1.82, 2.24) is 10.2 Å². The van der Waals surface area contributed by atoms with Gasteiger partial charge in [-0.3, -0.25) is 24.3 Å². The third-order valence-corrected chi connectivity index (χ3v) is 6.98. The van der Waals surface area contributed by atoms with Gasteiger partial charge in [0, 0.05) is 11.1 Å². The van der Waals surface area contributed by atoms with Crippen LogP contribution in [0.15, 0.2) is 96.0 Å². The van der Waals surface area contributed by atoms with E-state index in [0.717, 1.165) is 16.0 Å². The number of hydrogen-bond acceptors (Lipinski definition) is 4. The van der Waals surface area contributed by atoms with Crippen molar-refractivity contribution in [3.8, 4) is 11.1 Å². The molecule has 2 aliphatic rings. The Balaban J connectivity index is 1.28. The Bertz CT molecular complexity index is 1660. The van der Waals surface area contributed by atoms with Crippen LogP contribution in [0.4, 0.5) is 8.78 Å². The molecule has 0 aromatic heterocycles. The maximum Gasteiger partial charge on any atom is 0.261 e. The smallest absolute Gasteiger partial charge is 0.261 e. The number of nitrogens with zero attached hydrogens (tertiary/aromatic N) is 2. The van der Waals surface area contributed by atoms with Gasteiger partial charge in [0.25, 0.3) is 17.7 Å². The van der Waals surface area contributed by atoms with Crippen molar-refractivity contribution in [1.29, 1.82) is 0 Å². The molecule has 39 heavy (non-hydrogen) atoms. The number of aliphatic imine (C=N–C) groups is 1. The van der Waals surface area contributed by atoms with Gasteiger partial charge >= 0.3 is 0 Å². The molecule has 1 N–H and O–H groups in total. The second-order valence-corrected chi connectivity index (χ2v) is 9.41. The highest BCUT2D eigenvalue weighted by molar-refractivity contribution is 6.21. The van der Waals surface area contributed by atoms with E-state index in [1.807, 2.05) is 18.2 Å². The van der Waals surface area contributed by atoms with Crippen LogP contribution in [0.2, 0.25) is 0 Å². The predicted octanol–water partition coefficient (Wildman–Crippen LogP) is 5.49. The fourth-order valence-corrected chi connectivity index (χ4v) is 4.95. The van der Waals surface area contributed by atoms with Gasteiger partial charge in [0.2, 0.25) is 5.97 Å². The monoisotopic (exact) mass is 521 g/mol. The lowest BCUT2D eigenvalue weighted by atomic mass is 9.98. The first-order valence-corrected chi connectivity index (χ1v) is 12.3. The molecule has 3 amide bonds. The van der Waals surface area contributed by atoms with Gasteiger partial charge in [-0.05, 0) is 64.7 Å². The molecule has 0 radical (unpaired) electrons. The zero-order valence-corrected chi connectivity index (χ0v) is 20.5. The number of fused-ring (bicyclic) bond motifs is 2. The lowest BCUT2D eigenvalue weighted by Crippen LogP contribution is -2.40. The molecule has 1 unspecified atom stereocenters. The Labute approximate surface area is 222 Å². The molecule has 1 atom stereocenters. The Morgan fingerprint density at radius 3 is 2.28 bits per heavy atom. The highest BCUT2D eigenvalue weighted by Crippen LogP contribution is 2.29. The van der Waals surface area contributed by atoms with Crippen LogP contribution in [0.1, 0.15) is 53.8 Å². The minimum Gasteiger partial charge on any atom is -0.343 e. The van der Waals surface area contributed by atoms with Crippen LogP contribution in [0.25, 0.3) is 11.1 Å². The average Bonchev–Trinajstić information content (AvgIpc) is 3.44. The van der Waals surface area contributed by atoms with Crippen LogP contribution in [-0.4, -0.2) is 35.1 Å². The largest absolute Gasteiger partial charge is 0.343 e. The molecule has 0 saturated carbocycles. The van der Waals surface area contributed by atoms with E-state index in [4.69, 9.17) is 0 Å². The Kier molecular flexibility index (Phi) is 6.07. The van der Waals surface area contributed by atoms with E-state index in [0.29, 0.717) is 28.8 Å². The number of amides is 3. The van der Waals surface area contributed by atoms with Crippen LogP contribution >= 0.6 is 0 Å². The minimum absolute atomic E-state index is 0.176. The molecular weight excluding hydrogens is 500 g/mol. The van der Waals surface area contributed by atoms with Crippen LogP contribution in [0, 0.1) is 5.82 Å². The molecule has 2 aliphatic heterocycles. The van der Waals surface area contributed by atoms with Crippen LogP contribution in [0.5, 0.6) is 0 Å². The first-order chi connectivity index (χ1) is 18.9. The van der Waals surface area contributed by atoms with E-state index in [-0.39, 0.29) is 17.7 Å². The molecule has 0 saturated heterocycles. The summed E-state index contributed by atoms with van der Waals surface area (Å²) in [6.07, 6.45) is 0. The fourth-order valence-electron chi connectivity index (χ4n) is 4.95. The summed E-state index contributed by atoms with van der Waals surface area (Å²) >= 11 is 0. The van der Waals surface area contributed by atoms with E-state index >= 15 is 0 Å². The summed E-state index contributed by atoms with van der Waals surface area (Å²) in [5, 5.41) is 2.87. The van der Waals surface area contributed by atoms with Crippen LogP contribution in [-0.2, 0) is 6.54 Å². The maximum absolute atomic E-state index is 14.1. The second-order valence-electron chi connectivity index (χ2n) is 9.41. The molecule has 8 heteroatoms. The fraction of sp³-hybridized carbons (Fsp3) is 0.0968. The number of nitrogens with one attached hydrogen (secondary N) is 1. The van der Waals surface area contributed by atoms with Crippen molar-refractivity contribution < 1.29 is 23.2 Å². The predicted molar refractivity (Wildman–Crippen MR) is 142 cm³/mol. The van der Waals surface area contributed by atoms with Crippen molar-refractivity contribution in [2.45, 2.75) is 12.6 Å². The lowest BCUT2D eigenvalue weighted by molar-refractivity contribution is 0.0629. The number of halogens is 2. The van der Waals surface area contributed by atoms with Crippen molar-refractivity contribution >= 4 is 23.7 Å². The highest BCUT2D eigenvalue weighted by atomic mass is 19.1. The molecule has 4 aromatic rings. The number of rotatable bonds is 6. The maximum atomic E-state index is 14.1. The van der Waals surface area contributed by atoms with Gasteiger partial charge in [0.1, 0.15) is 5.82 Å². The highest BCUT2D eigenvalue weighted by Gasteiger charge is 2.37. The number of hydrogen-bond donors (Lipinski definition) is 1. The molecule has 2 heterocycles. The number of imide groups is 1. The van der Waals surface area contributed by atoms with Crippen molar-refractivity contribution in [2.24, 2.45) is 4.99 Å². The van der Waals surface area contributed by atoms with Crippen LogP contribution < -0.4 is 5.32 Å². The van der Waals surface area contributed by atoms with Crippen molar-refractivity contribution in [2.75, 3.05) is 6.54 Å². The molecule has 0 spiro atoms. The van der Waals surface area contributed by atoms with Gasteiger partial charge in [0.15, 0.2) is 0 Å². The van der Waals surface area contributed by atoms with E-state index in [1.54, 1.807) is 54.6 Å². The molecule has 0 fully saturated rings. The standard InChI is InChI=1S/C31H21F2N3O3/c32-23-8-4-6-20(14-23)27(17-36-30(38)24-9-1-2-10-25(24)31(36)39)35-29(37)21-7-3-5-18(13-21)19-11-12-22-16-34-28(33)26(22)15-19/h1-15,27H,16-17H2,(H,35,37). The van der Waals surface area contributed by atoms with E-state index in [1.165, 1.54) is 18.2 Å². The number of carbonyl (C=O) groups excluding carboxylic acids is 3. The molecule has 0 bridgehead atoms. The van der Waals surface area contributed by atoms with Gasteiger partial charge in [-0.25, -0.2) is 4.39 Å². The van der Waals surface area contributed by atoms with Gasteiger partial charge in [0.05, 0.1) is 30.3 Å². The SMILES string of the molecule is O=C(NC(CN1C(=O)c2ccccc2C1=O)c1cccc(F)c1)c1cccc(-c2ccc3c(c2)C(F)=NC3)c1. The summed E-state index contributed by atoms with van der Waals surface area (Å²) in [5.41, 5.74) is 3.96. The third-order valence-electron chi connectivity index (χ3n) is 6.98. The topological polar surface area (TPSA) is 78.8 Å². The first kappa shape index (κ1) is 24.4. The lowest BCUT2D eigenvalue weighted by Gasteiger charge is -2.24. The normalized spacial score (nSPS) is 14.6. The van der Waals surface area contributed by atoms with Crippen molar-refractivity contribution in [3.63, 3.8) is 0 Å². The second kappa shape index (κ2) is 9.72. The Morgan fingerprint density at radius 2 is 1.54 bits per heavy atom. The molecule has 192 valence electrons. The molecule has 0 aliphatic carbocycles. The summed E-state index contributed by atoms with van der Waals surface area (Å²) in [5.74, 6) is -2.44. The van der Waals surface area contributed by atoms with Gasteiger partial charge in [-0.15, -0.1) is 0 Å². The zero-order chi connectivity index (χ0) is 27.1.